The van der Waals surface area contributed by atoms with Crippen LogP contribution < -0.4 is 0 Å². The van der Waals surface area contributed by atoms with Crippen LogP contribution in [0.25, 0.3) is 0 Å². The third-order valence-corrected chi connectivity index (χ3v) is 52.5. The lowest BCUT2D eigenvalue weighted by Crippen LogP contribution is -2.42. The van der Waals surface area contributed by atoms with Crippen LogP contribution in [0.5, 0.6) is 0 Å². The molecule has 14 bridgehead atoms. The lowest BCUT2D eigenvalue weighted by molar-refractivity contribution is -0.0111. The summed E-state index contributed by atoms with van der Waals surface area (Å²) in [6, 6.07) is 0. The molecule has 0 amide bonds. The lowest BCUT2D eigenvalue weighted by Gasteiger charge is -2.50. The highest BCUT2D eigenvalue weighted by Gasteiger charge is 2.67. The zero-order valence-electron chi connectivity index (χ0n) is 112. The molecule has 150 heavy (non-hydrogen) atoms. The summed E-state index contributed by atoms with van der Waals surface area (Å²) in [7, 11) is 0. The van der Waals surface area contributed by atoms with Crippen molar-refractivity contribution in [2.45, 2.75) is 722 Å². The first-order chi connectivity index (χ1) is 68.6. The Labute approximate surface area is 946 Å². The molecule has 0 N–H and O–H groups in total. The zero-order chi connectivity index (χ0) is 112. The van der Waals surface area contributed by atoms with Gasteiger partial charge in [0.25, 0.3) is 0 Å². The molecule has 1 heteroatoms. The molecule has 22 aliphatic carbocycles. The molecule has 0 spiro atoms. The van der Waals surface area contributed by atoms with Crippen molar-refractivity contribution in [3.8, 4) is 0 Å². The summed E-state index contributed by atoms with van der Waals surface area (Å²) in [6.07, 6.45) is 92.4. The van der Waals surface area contributed by atoms with Crippen LogP contribution in [-0.2, 0) is 4.74 Å². The van der Waals surface area contributed by atoms with E-state index in [9.17, 15) is 0 Å². The molecular formula is C149H280O. The van der Waals surface area contributed by atoms with Gasteiger partial charge in [0, 0.05) is 0 Å². The third kappa shape index (κ3) is 35.8. The van der Waals surface area contributed by atoms with Crippen molar-refractivity contribution in [3.63, 3.8) is 0 Å². The van der Waals surface area contributed by atoms with Crippen molar-refractivity contribution in [3.05, 3.63) is 0 Å². The van der Waals surface area contributed by atoms with Crippen LogP contribution in [-0.4, -0.2) is 12.2 Å². The van der Waals surface area contributed by atoms with Crippen LogP contribution in [0.3, 0.4) is 0 Å². The summed E-state index contributed by atoms with van der Waals surface area (Å²) in [4.78, 5) is 0. The highest BCUT2D eigenvalue weighted by atomic mass is 16.5. The Bertz CT molecular complexity index is 3820. The molecule has 24 fully saturated rings. The van der Waals surface area contributed by atoms with Crippen LogP contribution in [0, 0.1) is 226 Å². The van der Waals surface area contributed by atoms with Gasteiger partial charge in [-0.05, 0) is 489 Å². The van der Waals surface area contributed by atoms with E-state index in [0.29, 0.717) is 126 Å². The van der Waals surface area contributed by atoms with E-state index in [2.05, 4.69) is 312 Å². The maximum Gasteiger partial charge on any atom is 0.0631 e. The minimum Gasteiger partial charge on any atom is -0.374 e. The molecule has 0 aromatic carbocycles. The van der Waals surface area contributed by atoms with Crippen molar-refractivity contribution >= 4 is 0 Å². The number of fused-ring (bicyclic) bond motifs is 22. The second-order valence-electron chi connectivity index (χ2n) is 74.7. The molecule has 22 saturated carbocycles. The van der Waals surface area contributed by atoms with Crippen LogP contribution in [0.1, 0.15) is 710 Å². The minimum absolute atomic E-state index is 0.489. The molecule has 2 aliphatic heterocycles. The smallest absolute Gasteiger partial charge is 0.0631 e. The first kappa shape index (κ1) is 132. The Morgan fingerprint density at radius 2 is 0.653 bits per heavy atom. The quantitative estimate of drug-likeness (QED) is 0.174. The number of hydrogen-bond acceptors (Lipinski definition) is 1. The number of rotatable bonds is 0. The van der Waals surface area contributed by atoms with Crippen LogP contribution in [0.2, 0.25) is 0 Å². The maximum atomic E-state index is 5.69. The van der Waals surface area contributed by atoms with E-state index in [1.165, 1.54) is 357 Å². The second-order valence-corrected chi connectivity index (χ2v) is 74.7. The summed E-state index contributed by atoms with van der Waals surface area (Å²) in [5.41, 5.74) is 13.1. The van der Waals surface area contributed by atoms with Crippen molar-refractivity contribution < 1.29 is 4.74 Å². The Balaban J connectivity index is 0.000000165. The third-order valence-electron chi connectivity index (χ3n) is 52.5. The Morgan fingerprint density at radius 3 is 0.967 bits per heavy atom. The molecule has 20 atom stereocenters. The number of hydrogen-bond donors (Lipinski definition) is 0. The normalized spacial score (nSPS) is 39.4. The summed E-state index contributed by atoms with van der Waals surface area (Å²) in [5.74, 6) is 20.6. The van der Waals surface area contributed by atoms with Crippen molar-refractivity contribution in [2.24, 2.45) is 226 Å². The largest absolute Gasteiger partial charge is 0.374 e. The maximum absolute atomic E-state index is 5.69. The van der Waals surface area contributed by atoms with E-state index in [1.54, 1.807) is 70.6 Å². The van der Waals surface area contributed by atoms with Gasteiger partial charge in [-0.1, -0.05) is 446 Å². The fraction of sp³-hybridized carbons (Fsp3) is 1.00. The van der Waals surface area contributed by atoms with E-state index < -0.39 is 0 Å². The van der Waals surface area contributed by atoms with E-state index in [0.717, 1.165) is 82.9 Å². The Morgan fingerprint density at radius 1 is 0.233 bits per heavy atom. The summed E-state index contributed by atoms with van der Waals surface area (Å²) >= 11 is 0. The van der Waals surface area contributed by atoms with E-state index in [-0.39, 0.29) is 0 Å². The first-order valence-electron chi connectivity index (χ1n) is 68.3. The minimum atomic E-state index is 0.489. The predicted molar refractivity (Wildman–Crippen MR) is 668 cm³/mol. The van der Waals surface area contributed by atoms with Crippen molar-refractivity contribution in [2.75, 3.05) is 0 Å². The van der Waals surface area contributed by atoms with Gasteiger partial charge < -0.3 is 4.74 Å². The topological polar surface area (TPSA) is 9.23 Å². The Kier molecular flexibility index (Phi) is 45.1. The standard InChI is InChI=1S/C14H22.C12H20.2C12H22.C12H24.C11H22.C10H20.C9H16.2C9H18.C8H14O.3C8H16.C7H14/c1-14(2)7-10-6-11(14)13-9-4-3-8(5-9)12(10)13;1-12(2)7-8-6-11(12)10-5-3-4-9(8)10;1-10(2)9-6-7-12(5,8-9)11(10,3)4;1-10(2)8-9-6-7-12(10,5)11(9,3)4;1-11(2,3)10-6-8-12(4,5)9-7-10;1-9-6-10(2,3)8-11(4,5)7-9;1-10(2)8-6-4-3-5-7-9-10;1-9(2)6-7-3-4-8(9)5-7;1-8-4-6-9(2,3)7-5-8;1-9(2)7-5-3-4-6-8-9;1-8(2)5-6-3-4-7(8)9-6;1-7-4-5-8(2,3)6-7;1-7-5-4-6-8(7,2)3;1-8(2)6-4-3-5-7-8;1-7(2)5-3-4-6-7/h8-13H,3-7H2,1-2H3;8-11H,3-7H2,1-2H3;2*9H,6-8H2,1-5H3;10H,6-9H2,1-5H3;9H,6-8H2,1-5H3;3-9H2,1-2H3;7-8H,3-6H2,1-2H3;8H,4-7H2,1-3H3;3-8H2,1-2H3;6-7H,3-5H2,1-2H3;2*7H,4-6H2,1-3H3;3-7H2,1-2H3;3-6H2,1-2H3. The number of ether oxygens (including phenoxy) is 1. The van der Waals surface area contributed by atoms with Crippen LogP contribution >= 0.6 is 0 Å². The van der Waals surface area contributed by atoms with Crippen molar-refractivity contribution in [1.82, 2.24) is 0 Å². The second kappa shape index (κ2) is 51.4. The molecule has 0 radical (unpaired) electrons. The molecule has 0 aromatic heterocycles. The molecule has 20 unspecified atom stereocenters. The molecule has 1 nitrogen and oxygen atoms in total. The molecule has 2 heterocycles. The fourth-order valence-electron chi connectivity index (χ4n) is 40.6. The molecule has 24 rings (SSSR count). The summed E-state index contributed by atoms with van der Waals surface area (Å²) < 4.78 is 5.69. The summed E-state index contributed by atoms with van der Waals surface area (Å²) in [6.45, 7) is 109. The molecule has 2 saturated heterocycles. The van der Waals surface area contributed by atoms with Gasteiger partial charge in [0.05, 0.1) is 12.2 Å². The molecule has 24 aliphatic rings. The van der Waals surface area contributed by atoms with Gasteiger partial charge in [-0.3, -0.25) is 0 Å². The van der Waals surface area contributed by atoms with Crippen molar-refractivity contribution in [1.29, 1.82) is 0 Å². The molecule has 0 aromatic rings. The molecule has 882 valence electrons. The lowest BCUT2D eigenvalue weighted by atomic mass is 9.55. The average Bonchev–Trinajstić information content (AvgIpc) is 1.54. The van der Waals surface area contributed by atoms with Gasteiger partial charge in [-0.2, -0.15) is 0 Å². The van der Waals surface area contributed by atoms with Crippen LogP contribution in [0.15, 0.2) is 0 Å². The SMILES string of the molecule is CC1(C)CC2CC1C1C3CCC(C3)C21.CC1(C)CC2CC1C1CCCC21.CC1(C)CC2CCC1(C)C2(C)C.CC1(C)CC2CCC1C2.CC1(C)CC2CCC1O2.CC1(C)CCC(C(C)(C)C)CC1.CC1(C)CCCC1.CC1(C)CCCCC1.CC1(C)CCCCCC1.CC1(C)CCCCCCC1.CC12CCC(C1)C(C)(C)C2(C)C.CC1CC(C)(C)CC(C)(C)C1.CC1CCC(C)(C)C1.CC1CCC(C)(C)CC1.CC1CCCC1(C)C. The monoisotopic (exact) mass is 2090 g/mol. The van der Waals surface area contributed by atoms with E-state index in [4.69, 9.17) is 4.74 Å². The van der Waals surface area contributed by atoms with E-state index >= 15 is 0 Å². The first-order valence-corrected chi connectivity index (χ1v) is 68.3. The van der Waals surface area contributed by atoms with Crippen LogP contribution in [0.4, 0.5) is 0 Å². The zero-order valence-corrected chi connectivity index (χ0v) is 112. The highest BCUT2D eigenvalue weighted by molar-refractivity contribution is 5.17. The van der Waals surface area contributed by atoms with Gasteiger partial charge >= 0.3 is 0 Å². The molecular weight excluding hydrogens is 1810 g/mol. The van der Waals surface area contributed by atoms with Gasteiger partial charge in [-0.15, -0.1) is 0 Å². The Hall–Kier alpha value is -0.0400. The fourth-order valence-corrected chi connectivity index (χ4v) is 40.6. The van der Waals surface area contributed by atoms with Gasteiger partial charge in [-0.25, -0.2) is 0 Å². The van der Waals surface area contributed by atoms with E-state index in [1.807, 2.05) is 0 Å². The summed E-state index contributed by atoms with van der Waals surface area (Å²) in [5, 5.41) is 0. The average molecular weight is 2090 g/mol. The highest BCUT2D eigenvalue weighted by Crippen LogP contribution is 2.76. The van der Waals surface area contributed by atoms with Gasteiger partial charge in [0.15, 0.2) is 0 Å². The van der Waals surface area contributed by atoms with Gasteiger partial charge in [0.1, 0.15) is 0 Å². The predicted octanol–water partition coefficient (Wildman–Crippen LogP) is 49.4. The van der Waals surface area contributed by atoms with Gasteiger partial charge in [0.2, 0.25) is 0 Å².